The molecule has 0 spiro atoms. The van der Waals surface area contributed by atoms with E-state index in [1.807, 2.05) is 28.8 Å². The number of hydrogen-bond acceptors (Lipinski definition) is 5. The van der Waals surface area contributed by atoms with E-state index in [2.05, 4.69) is 15.6 Å². The van der Waals surface area contributed by atoms with Gasteiger partial charge in [0.05, 0.1) is 22.7 Å². The van der Waals surface area contributed by atoms with Gasteiger partial charge >= 0.3 is 0 Å². The standard InChI is InChI=1S/C27H30N6O3/c1-18(34)29-13-14-33-24-12-11-22(32(2)25(35)15-19-5-3-4-6-19)16-23(24)30-27(33)31-26(36)21-9-7-20(17-28)8-10-21/h7-12,16,19H,3-6,13-15H2,1-2H3,(H,29,34)(H,30,31,36). The second-order valence-corrected chi connectivity index (χ2v) is 9.19. The number of nitriles is 1. The van der Waals surface area contributed by atoms with E-state index in [1.165, 1.54) is 19.8 Å². The van der Waals surface area contributed by atoms with Crippen LogP contribution in [-0.4, -0.2) is 40.9 Å². The molecule has 36 heavy (non-hydrogen) atoms. The van der Waals surface area contributed by atoms with Crippen LogP contribution in [0.1, 0.15) is 54.9 Å². The summed E-state index contributed by atoms with van der Waals surface area (Å²) < 4.78 is 1.83. The Balaban J connectivity index is 1.59. The maximum atomic E-state index is 12.9. The van der Waals surface area contributed by atoms with E-state index in [1.54, 1.807) is 36.2 Å². The Morgan fingerprint density at radius 2 is 1.86 bits per heavy atom. The van der Waals surface area contributed by atoms with Gasteiger partial charge in [0, 0.05) is 44.7 Å². The smallest absolute Gasteiger partial charge is 0.257 e. The third kappa shape index (κ3) is 5.71. The van der Waals surface area contributed by atoms with Crippen molar-refractivity contribution < 1.29 is 14.4 Å². The molecule has 2 aromatic carbocycles. The first-order valence-electron chi connectivity index (χ1n) is 12.2. The lowest BCUT2D eigenvalue weighted by Gasteiger charge is -2.19. The first-order chi connectivity index (χ1) is 17.4. The fraction of sp³-hybridized carbons (Fsp3) is 0.370. The molecule has 4 rings (SSSR count). The van der Waals surface area contributed by atoms with E-state index in [-0.39, 0.29) is 17.7 Å². The molecule has 9 heteroatoms. The summed E-state index contributed by atoms with van der Waals surface area (Å²) in [7, 11) is 1.78. The summed E-state index contributed by atoms with van der Waals surface area (Å²) in [5.41, 5.74) is 3.00. The summed E-state index contributed by atoms with van der Waals surface area (Å²) in [6, 6.07) is 14.0. The van der Waals surface area contributed by atoms with E-state index >= 15 is 0 Å². The zero-order valence-electron chi connectivity index (χ0n) is 20.6. The topological polar surface area (TPSA) is 120 Å². The van der Waals surface area contributed by atoms with Gasteiger partial charge in [-0.05, 0) is 61.2 Å². The molecule has 0 aliphatic heterocycles. The largest absolute Gasteiger partial charge is 0.355 e. The molecule has 3 aromatic rings. The lowest BCUT2D eigenvalue weighted by atomic mass is 10.0. The van der Waals surface area contributed by atoms with Gasteiger partial charge in [-0.15, -0.1) is 0 Å². The fourth-order valence-electron chi connectivity index (χ4n) is 4.60. The Bertz CT molecular complexity index is 1320. The molecule has 3 amide bonds. The van der Waals surface area contributed by atoms with Crippen LogP contribution in [0.3, 0.4) is 0 Å². The molecular weight excluding hydrogens is 456 g/mol. The van der Waals surface area contributed by atoms with Crippen LogP contribution in [0.25, 0.3) is 11.0 Å². The van der Waals surface area contributed by atoms with Crippen LogP contribution in [0.15, 0.2) is 42.5 Å². The lowest BCUT2D eigenvalue weighted by Crippen LogP contribution is -2.27. The van der Waals surface area contributed by atoms with Crippen molar-refractivity contribution in [2.75, 3.05) is 23.8 Å². The van der Waals surface area contributed by atoms with Crippen molar-refractivity contribution in [1.29, 1.82) is 5.26 Å². The third-order valence-corrected chi connectivity index (χ3v) is 6.64. The minimum Gasteiger partial charge on any atom is -0.355 e. The first kappa shape index (κ1) is 24.9. The van der Waals surface area contributed by atoms with Gasteiger partial charge in [0.15, 0.2) is 0 Å². The molecule has 2 N–H and O–H groups in total. The van der Waals surface area contributed by atoms with Crippen molar-refractivity contribution in [3.63, 3.8) is 0 Å². The highest BCUT2D eigenvalue weighted by Gasteiger charge is 2.22. The maximum absolute atomic E-state index is 12.9. The molecule has 9 nitrogen and oxygen atoms in total. The number of fused-ring (bicyclic) bond motifs is 1. The number of carbonyl (C=O) groups is 3. The van der Waals surface area contributed by atoms with Crippen molar-refractivity contribution >= 4 is 40.4 Å². The normalized spacial score (nSPS) is 13.4. The van der Waals surface area contributed by atoms with Gasteiger partial charge in [0.1, 0.15) is 0 Å². The number of aromatic nitrogens is 2. The van der Waals surface area contributed by atoms with Gasteiger partial charge in [-0.25, -0.2) is 4.98 Å². The zero-order valence-corrected chi connectivity index (χ0v) is 20.6. The van der Waals surface area contributed by atoms with Crippen molar-refractivity contribution in [2.45, 2.75) is 45.6 Å². The Labute approximate surface area is 210 Å². The number of amides is 3. The number of rotatable bonds is 8. The van der Waals surface area contributed by atoms with Crippen molar-refractivity contribution in [3.05, 3.63) is 53.6 Å². The van der Waals surface area contributed by atoms with Crippen LogP contribution in [0.5, 0.6) is 0 Å². The minimum absolute atomic E-state index is 0.0840. The van der Waals surface area contributed by atoms with Gasteiger partial charge in [-0.3, -0.25) is 19.7 Å². The van der Waals surface area contributed by atoms with E-state index in [0.717, 1.165) is 24.0 Å². The summed E-state index contributed by atoms with van der Waals surface area (Å²) in [6.45, 7) is 2.21. The summed E-state index contributed by atoms with van der Waals surface area (Å²) in [4.78, 5) is 43.4. The highest BCUT2D eigenvalue weighted by atomic mass is 16.2. The number of nitrogens with one attached hydrogen (secondary N) is 2. The molecule has 0 saturated heterocycles. The average Bonchev–Trinajstić information content (AvgIpc) is 3.50. The number of benzene rings is 2. The fourth-order valence-corrected chi connectivity index (χ4v) is 4.60. The molecule has 1 aliphatic rings. The number of hydrogen-bond donors (Lipinski definition) is 2. The molecule has 1 aromatic heterocycles. The Hall–Kier alpha value is -4.19. The highest BCUT2D eigenvalue weighted by molar-refractivity contribution is 6.04. The first-order valence-corrected chi connectivity index (χ1v) is 12.2. The molecule has 0 bridgehead atoms. The summed E-state index contributed by atoms with van der Waals surface area (Å²) in [5, 5.41) is 14.6. The van der Waals surface area contributed by atoms with Gasteiger partial charge < -0.3 is 14.8 Å². The predicted octanol–water partition coefficient (Wildman–Crippen LogP) is 3.84. The quantitative estimate of drug-likeness (QED) is 0.501. The molecular formula is C27H30N6O3. The van der Waals surface area contributed by atoms with Crippen LogP contribution in [0.4, 0.5) is 11.6 Å². The maximum Gasteiger partial charge on any atom is 0.257 e. The predicted molar refractivity (Wildman–Crippen MR) is 138 cm³/mol. The monoisotopic (exact) mass is 486 g/mol. The highest BCUT2D eigenvalue weighted by Crippen LogP contribution is 2.30. The molecule has 186 valence electrons. The second-order valence-electron chi connectivity index (χ2n) is 9.19. The van der Waals surface area contributed by atoms with Crippen LogP contribution in [-0.2, 0) is 16.1 Å². The number of nitrogens with zero attached hydrogens (tertiary/aromatic N) is 4. The van der Waals surface area contributed by atoms with Gasteiger partial charge in [-0.1, -0.05) is 12.8 Å². The van der Waals surface area contributed by atoms with Crippen LogP contribution in [0.2, 0.25) is 0 Å². The zero-order chi connectivity index (χ0) is 25.7. The number of carbonyl (C=O) groups excluding carboxylic acids is 3. The molecule has 1 aliphatic carbocycles. The van der Waals surface area contributed by atoms with E-state index < -0.39 is 0 Å². The number of anilines is 2. The van der Waals surface area contributed by atoms with Gasteiger partial charge in [0.25, 0.3) is 5.91 Å². The van der Waals surface area contributed by atoms with Crippen molar-refractivity contribution in [1.82, 2.24) is 14.9 Å². The van der Waals surface area contributed by atoms with Crippen LogP contribution >= 0.6 is 0 Å². The minimum atomic E-state index is -0.361. The Morgan fingerprint density at radius 1 is 1.14 bits per heavy atom. The lowest BCUT2D eigenvalue weighted by molar-refractivity contribution is -0.119. The summed E-state index contributed by atoms with van der Waals surface area (Å²) in [6.07, 6.45) is 5.16. The van der Waals surface area contributed by atoms with E-state index in [4.69, 9.17) is 5.26 Å². The number of imidazole rings is 1. The van der Waals surface area contributed by atoms with Crippen LogP contribution in [0, 0.1) is 17.2 Å². The van der Waals surface area contributed by atoms with Gasteiger partial charge in [-0.2, -0.15) is 5.26 Å². The Kier molecular flexibility index (Phi) is 7.64. The van der Waals surface area contributed by atoms with E-state index in [0.29, 0.717) is 48.0 Å². The molecule has 1 saturated carbocycles. The summed E-state index contributed by atoms with van der Waals surface area (Å²) >= 11 is 0. The van der Waals surface area contributed by atoms with Crippen molar-refractivity contribution in [3.8, 4) is 6.07 Å². The van der Waals surface area contributed by atoms with Gasteiger partial charge in [0.2, 0.25) is 17.8 Å². The second kappa shape index (κ2) is 11.0. The molecule has 1 heterocycles. The van der Waals surface area contributed by atoms with E-state index in [9.17, 15) is 14.4 Å². The SMILES string of the molecule is CC(=O)NCCn1c(NC(=O)c2ccc(C#N)cc2)nc2cc(N(C)C(=O)CC3CCCC3)ccc21. The average molecular weight is 487 g/mol. The van der Waals surface area contributed by atoms with Crippen LogP contribution < -0.4 is 15.5 Å². The molecule has 0 radical (unpaired) electrons. The molecule has 0 unspecified atom stereocenters. The third-order valence-electron chi connectivity index (χ3n) is 6.64. The molecule has 1 fully saturated rings. The summed E-state index contributed by atoms with van der Waals surface area (Å²) in [5.74, 6) is 0.370. The molecule has 0 atom stereocenters. The van der Waals surface area contributed by atoms with Crippen molar-refractivity contribution in [2.24, 2.45) is 5.92 Å². The Morgan fingerprint density at radius 3 is 2.53 bits per heavy atom.